The van der Waals surface area contributed by atoms with Crippen molar-refractivity contribution in [3.8, 4) is 0 Å². The number of allylic oxidation sites excluding steroid dienone is 5. The number of piperidine rings is 1. The van der Waals surface area contributed by atoms with Crippen LogP contribution in [-0.2, 0) is 11.2 Å². The molecule has 1 aromatic carbocycles. The van der Waals surface area contributed by atoms with Crippen LogP contribution >= 0.6 is 0 Å². The van der Waals surface area contributed by atoms with Gasteiger partial charge in [0.15, 0.2) is 0 Å². The zero-order valence-electron chi connectivity index (χ0n) is 15.0. The van der Waals surface area contributed by atoms with Gasteiger partial charge in [-0.25, -0.2) is 0 Å². The van der Waals surface area contributed by atoms with Gasteiger partial charge in [0.1, 0.15) is 0 Å². The van der Waals surface area contributed by atoms with Crippen molar-refractivity contribution in [2.75, 3.05) is 13.1 Å². The Balaban J connectivity index is 1.85. The summed E-state index contributed by atoms with van der Waals surface area (Å²) >= 11 is 0. The molecular formula is C22H29NO. The minimum atomic E-state index is 0.289. The maximum Gasteiger partial charge on any atom is 0.222 e. The van der Waals surface area contributed by atoms with Gasteiger partial charge in [-0.15, -0.1) is 0 Å². The fourth-order valence-electron chi connectivity index (χ4n) is 3.41. The summed E-state index contributed by atoms with van der Waals surface area (Å²) in [6.45, 7) is 9.69. The quantitative estimate of drug-likeness (QED) is 0.685. The molecule has 0 saturated carbocycles. The van der Waals surface area contributed by atoms with Crippen molar-refractivity contribution in [1.82, 2.24) is 4.90 Å². The summed E-state index contributed by atoms with van der Waals surface area (Å²) in [6.07, 6.45) is 11.7. The van der Waals surface area contributed by atoms with Gasteiger partial charge in [-0.05, 0) is 55.7 Å². The molecular weight excluding hydrogens is 294 g/mol. The highest BCUT2D eigenvalue weighted by Gasteiger charge is 2.23. The van der Waals surface area contributed by atoms with Crippen molar-refractivity contribution >= 4 is 5.91 Å². The minimum absolute atomic E-state index is 0.289. The second-order valence-corrected chi connectivity index (χ2v) is 6.48. The normalized spacial score (nSPS) is 16.6. The van der Waals surface area contributed by atoms with Crippen LogP contribution in [0.1, 0.15) is 37.3 Å². The number of carbonyl (C=O) groups excluding carboxylic acids is 1. The first-order valence-electron chi connectivity index (χ1n) is 8.93. The molecule has 1 amide bonds. The van der Waals surface area contributed by atoms with Crippen molar-refractivity contribution in [2.45, 2.75) is 39.5 Å². The molecule has 1 aromatic rings. The van der Waals surface area contributed by atoms with E-state index < -0.39 is 0 Å². The highest BCUT2D eigenvalue weighted by Crippen LogP contribution is 2.26. The van der Waals surface area contributed by atoms with E-state index in [9.17, 15) is 4.79 Å². The average molecular weight is 323 g/mol. The highest BCUT2D eigenvalue weighted by atomic mass is 16.2. The fraction of sp³-hybridized carbons (Fsp3) is 0.409. The van der Waals surface area contributed by atoms with E-state index in [-0.39, 0.29) is 5.91 Å². The van der Waals surface area contributed by atoms with Crippen molar-refractivity contribution in [1.29, 1.82) is 0 Å². The second kappa shape index (κ2) is 9.27. The molecule has 0 atom stereocenters. The monoisotopic (exact) mass is 323 g/mol. The number of aryl methyl sites for hydroxylation is 2. The molecule has 1 fully saturated rings. The predicted molar refractivity (Wildman–Crippen MR) is 102 cm³/mol. The predicted octanol–water partition coefficient (Wildman–Crippen LogP) is 4.85. The Morgan fingerprint density at radius 3 is 2.62 bits per heavy atom. The molecule has 0 bridgehead atoms. The molecule has 0 spiro atoms. The molecule has 1 heterocycles. The van der Waals surface area contributed by atoms with Crippen LogP contribution in [0.4, 0.5) is 0 Å². The molecule has 0 N–H and O–H groups in total. The van der Waals surface area contributed by atoms with E-state index in [0.717, 1.165) is 32.4 Å². The lowest BCUT2D eigenvalue weighted by Gasteiger charge is -2.32. The smallest absolute Gasteiger partial charge is 0.222 e. The third kappa shape index (κ3) is 4.95. The number of likely N-dealkylation sites (tertiary alicyclic amines) is 1. The van der Waals surface area contributed by atoms with Crippen LogP contribution in [0.2, 0.25) is 0 Å². The molecule has 24 heavy (non-hydrogen) atoms. The van der Waals surface area contributed by atoms with Crippen LogP contribution in [0.25, 0.3) is 0 Å². The van der Waals surface area contributed by atoms with Crippen LogP contribution in [0, 0.1) is 12.8 Å². The number of amides is 1. The molecule has 1 aliphatic heterocycles. The van der Waals surface area contributed by atoms with Gasteiger partial charge in [0.2, 0.25) is 5.91 Å². The first-order valence-corrected chi connectivity index (χ1v) is 8.93. The van der Waals surface area contributed by atoms with Gasteiger partial charge in [0, 0.05) is 19.5 Å². The summed E-state index contributed by atoms with van der Waals surface area (Å²) in [7, 11) is 0. The first-order chi connectivity index (χ1) is 11.7. The van der Waals surface area contributed by atoms with E-state index >= 15 is 0 Å². The summed E-state index contributed by atoms with van der Waals surface area (Å²) in [6, 6.07) is 8.33. The van der Waals surface area contributed by atoms with Crippen LogP contribution in [0.15, 0.2) is 60.7 Å². The average Bonchev–Trinajstić information content (AvgIpc) is 2.61. The molecule has 1 saturated heterocycles. The van der Waals surface area contributed by atoms with Crippen molar-refractivity contribution in [3.63, 3.8) is 0 Å². The van der Waals surface area contributed by atoms with Crippen molar-refractivity contribution in [3.05, 3.63) is 71.8 Å². The number of nitrogens with zero attached hydrogens (tertiary/aromatic N) is 1. The Kier molecular flexibility index (Phi) is 7.05. The maximum absolute atomic E-state index is 12.5. The third-order valence-corrected chi connectivity index (χ3v) is 4.86. The Hall–Kier alpha value is -2.09. The van der Waals surface area contributed by atoms with Gasteiger partial charge in [-0.3, -0.25) is 4.79 Å². The van der Waals surface area contributed by atoms with Crippen LogP contribution in [0.5, 0.6) is 0 Å². The molecule has 2 rings (SSSR count). The van der Waals surface area contributed by atoms with Crippen LogP contribution < -0.4 is 0 Å². The highest BCUT2D eigenvalue weighted by molar-refractivity contribution is 5.76. The summed E-state index contributed by atoms with van der Waals surface area (Å²) in [4.78, 5) is 14.5. The molecule has 0 aromatic heterocycles. The van der Waals surface area contributed by atoms with E-state index in [1.165, 1.54) is 16.7 Å². The summed E-state index contributed by atoms with van der Waals surface area (Å²) in [5.74, 6) is 0.830. The molecule has 0 radical (unpaired) electrons. The zero-order valence-corrected chi connectivity index (χ0v) is 15.0. The molecule has 2 heteroatoms. The zero-order chi connectivity index (χ0) is 17.4. The SMILES string of the molecule is C=C/C=C(\C=C/C)C1CCN(C(=O)CCc2ccccc2C)CC1. The molecule has 0 aliphatic carbocycles. The topological polar surface area (TPSA) is 20.3 Å². The van der Waals surface area contributed by atoms with Gasteiger partial charge in [-0.2, -0.15) is 0 Å². The van der Waals surface area contributed by atoms with E-state index in [4.69, 9.17) is 0 Å². The standard InChI is InChI=1S/C22H29NO/c1-4-8-20(9-5-2)21-14-16-23(17-15-21)22(24)13-12-19-11-7-6-10-18(19)3/h4-11,21H,1,12-17H2,2-3H3/b9-5-,20-8+. The van der Waals surface area contributed by atoms with E-state index in [0.29, 0.717) is 12.3 Å². The van der Waals surface area contributed by atoms with E-state index in [2.05, 4.69) is 43.9 Å². The Bertz CT molecular complexity index is 619. The number of hydrogen-bond donors (Lipinski definition) is 0. The fourth-order valence-corrected chi connectivity index (χ4v) is 3.41. The lowest BCUT2D eigenvalue weighted by Crippen LogP contribution is -2.38. The molecule has 1 aliphatic rings. The lowest BCUT2D eigenvalue weighted by molar-refractivity contribution is -0.132. The number of carbonyl (C=O) groups is 1. The number of rotatable bonds is 6. The summed E-state index contributed by atoms with van der Waals surface area (Å²) in [5.41, 5.74) is 3.89. The van der Waals surface area contributed by atoms with Crippen LogP contribution in [0.3, 0.4) is 0 Å². The first kappa shape index (κ1) is 18.3. The third-order valence-electron chi connectivity index (χ3n) is 4.86. The summed E-state index contributed by atoms with van der Waals surface area (Å²) < 4.78 is 0. The molecule has 2 nitrogen and oxygen atoms in total. The number of benzene rings is 1. The van der Waals surface area contributed by atoms with Crippen molar-refractivity contribution in [2.24, 2.45) is 5.92 Å². The Labute approximate surface area is 146 Å². The van der Waals surface area contributed by atoms with Gasteiger partial charge in [0.25, 0.3) is 0 Å². The lowest BCUT2D eigenvalue weighted by atomic mass is 9.88. The van der Waals surface area contributed by atoms with Gasteiger partial charge in [0.05, 0.1) is 0 Å². The van der Waals surface area contributed by atoms with E-state index in [1.54, 1.807) is 0 Å². The Morgan fingerprint density at radius 2 is 2.00 bits per heavy atom. The minimum Gasteiger partial charge on any atom is -0.343 e. The largest absolute Gasteiger partial charge is 0.343 e. The van der Waals surface area contributed by atoms with Crippen LogP contribution in [-0.4, -0.2) is 23.9 Å². The summed E-state index contributed by atoms with van der Waals surface area (Å²) in [5, 5.41) is 0. The second-order valence-electron chi connectivity index (χ2n) is 6.48. The van der Waals surface area contributed by atoms with Gasteiger partial charge >= 0.3 is 0 Å². The van der Waals surface area contributed by atoms with E-state index in [1.807, 2.05) is 30.0 Å². The molecule has 128 valence electrons. The molecule has 0 unspecified atom stereocenters. The van der Waals surface area contributed by atoms with Gasteiger partial charge in [-0.1, -0.05) is 55.1 Å². The Morgan fingerprint density at radius 1 is 1.29 bits per heavy atom. The van der Waals surface area contributed by atoms with Gasteiger partial charge < -0.3 is 4.90 Å². The number of hydrogen-bond acceptors (Lipinski definition) is 1. The van der Waals surface area contributed by atoms with Crippen molar-refractivity contribution < 1.29 is 4.79 Å². The maximum atomic E-state index is 12.5.